The summed E-state index contributed by atoms with van der Waals surface area (Å²) < 4.78 is 2.26. The fourth-order valence-electron chi connectivity index (χ4n) is 5.12. The van der Waals surface area contributed by atoms with Crippen LogP contribution < -0.4 is 0 Å². The molecule has 0 fully saturated rings. The summed E-state index contributed by atoms with van der Waals surface area (Å²) in [5.41, 5.74) is 12.2. The maximum absolute atomic E-state index is 9.73. The minimum Gasteiger partial charge on any atom is -0.308 e. The number of aromatic nitrogens is 3. The van der Waals surface area contributed by atoms with E-state index in [2.05, 4.69) is 73.0 Å². The highest BCUT2D eigenvalue weighted by Crippen LogP contribution is 2.36. The highest BCUT2D eigenvalue weighted by atomic mass is 15.1. The molecule has 0 N–H and O–H groups in total. The number of benzene rings is 2. The van der Waals surface area contributed by atoms with Crippen LogP contribution in [0.25, 0.3) is 16.7 Å². The number of fused-ring (bicyclic) bond motifs is 3. The van der Waals surface area contributed by atoms with Gasteiger partial charge in [0, 0.05) is 23.3 Å². The van der Waals surface area contributed by atoms with Gasteiger partial charge in [-0.25, -0.2) is 9.97 Å². The minimum absolute atomic E-state index is 0.742. The van der Waals surface area contributed by atoms with E-state index >= 15 is 0 Å². The summed E-state index contributed by atoms with van der Waals surface area (Å²) in [6.45, 7) is 8.97. The SMILES string of the molecule is CCc1nc2c(C)cc(C)nc2n1Cc1ccc2c(c1)CCc1ccccc1C2=C(C)C#N. The van der Waals surface area contributed by atoms with E-state index in [9.17, 15) is 5.26 Å². The van der Waals surface area contributed by atoms with Crippen molar-refractivity contribution in [1.29, 1.82) is 5.26 Å². The first-order valence-corrected chi connectivity index (χ1v) is 11.6. The highest BCUT2D eigenvalue weighted by molar-refractivity contribution is 5.87. The second-order valence-electron chi connectivity index (χ2n) is 8.98. The van der Waals surface area contributed by atoms with Gasteiger partial charge in [-0.15, -0.1) is 0 Å². The third kappa shape index (κ3) is 3.64. The number of hydrogen-bond donors (Lipinski definition) is 0. The summed E-state index contributed by atoms with van der Waals surface area (Å²) in [5.74, 6) is 1.06. The second-order valence-corrected chi connectivity index (χ2v) is 8.98. The van der Waals surface area contributed by atoms with E-state index in [4.69, 9.17) is 9.97 Å². The van der Waals surface area contributed by atoms with Crippen LogP contribution in [0.15, 0.2) is 54.1 Å². The number of imidazole rings is 1. The highest BCUT2D eigenvalue weighted by Gasteiger charge is 2.21. The Balaban J connectivity index is 1.62. The zero-order valence-electron chi connectivity index (χ0n) is 19.7. The molecular formula is C29H28N4. The summed E-state index contributed by atoms with van der Waals surface area (Å²) in [7, 11) is 0. The molecule has 4 nitrogen and oxygen atoms in total. The zero-order chi connectivity index (χ0) is 23.1. The molecule has 4 aromatic rings. The molecule has 2 heterocycles. The molecule has 0 saturated carbocycles. The van der Waals surface area contributed by atoms with E-state index in [0.29, 0.717) is 0 Å². The van der Waals surface area contributed by atoms with Gasteiger partial charge in [-0.1, -0.05) is 49.4 Å². The molecule has 0 unspecified atom stereocenters. The van der Waals surface area contributed by atoms with Gasteiger partial charge in [-0.2, -0.15) is 5.26 Å². The van der Waals surface area contributed by atoms with E-state index < -0.39 is 0 Å². The molecule has 4 heteroatoms. The van der Waals surface area contributed by atoms with Gasteiger partial charge in [-0.3, -0.25) is 0 Å². The zero-order valence-corrected chi connectivity index (χ0v) is 19.7. The lowest BCUT2D eigenvalue weighted by Gasteiger charge is -2.15. The fourth-order valence-corrected chi connectivity index (χ4v) is 5.12. The van der Waals surface area contributed by atoms with Gasteiger partial charge in [0.15, 0.2) is 5.65 Å². The number of hydrogen-bond acceptors (Lipinski definition) is 3. The molecule has 1 aliphatic carbocycles. The molecule has 0 bridgehead atoms. The van der Waals surface area contributed by atoms with Crippen LogP contribution in [-0.2, 0) is 25.8 Å². The van der Waals surface area contributed by atoms with Gasteiger partial charge in [-0.05, 0) is 73.1 Å². The van der Waals surface area contributed by atoms with Crippen LogP contribution in [0.5, 0.6) is 0 Å². The summed E-state index contributed by atoms with van der Waals surface area (Å²) in [5, 5.41) is 9.73. The fraction of sp³-hybridized carbons (Fsp3) is 0.276. The monoisotopic (exact) mass is 432 g/mol. The average Bonchev–Trinajstić information content (AvgIpc) is 3.07. The molecule has 0 spiro atoms. The van der Waals surface area contributed by atoms with Crippen LogP contribution in [-0.4, -0.2) is 14.5 Å². The van der Waals surface area contributed by atoms with Crippen LogP contribution in [0, 0.1) is 25.2 Å². The molecule has 2 aromatic heterocycles. The lowest BCUT2D eigenvalue weighted by atomic mass is 9.90. The summed E-state index contributed by atoms with van der Waals surface area (Å²) in [6.07, 6.45) is 2.80. The average molecular weight is 433 g/mol. The van der Waals surface area contributed by atoms with Crippen molar-refractivity contribution in [1.82, 2.24) is 14.5 Å². The van der Waals surface area contributed by atoms with E-state index in [1.807, 2.05) is 13.8 Å². The van der Waals surface area contributed by atoms with Crippen molar-refractivity contribution in [2.45, 2.75) is 53.5 Å². The summed E-state index contributed by atoms with van der Waals surface area (Å²) in [4.78, 5) is 9.73. The van der Waals surface area contributed by atoms with Crippen molar-refractivity contribution < 1.29 is 0 Å². The van der Waals surface area contributed by atoms with Gasteiger partial charge in [0.1, 0.15) is 11.3 Å². The molecule has 33 heavy (non-hydrogen) atoms. The van der Waals surface area contributed by atoms with Gasteiger partial charge in [0.05, 0.1) is 12.6 Å². The third-order valence-corrected chi connectivity index (χ3v) is 6.69. The minimum atomic E-state index is 0.742. The Hall–Kier alpha value is -3.71. The number of nitrogens with zero attached hydrogens (tertiary/aromatic N) is 4. The topological polar surface area (TPSA) is 54.5 Å². The van der Waals surface area contributed by atoms with E-state index in [1.165, 1.54) is 33.4 Å². The van der Waals surface area contributed by atoms with E-state index in [0.717, 1.165) is 59.6 Å². The van der Waals surface area contributed by atoms with Crippen molar-refractivity contribution in [3.8, 4) is 6.07 Å². The molecule has 0 aliphatic heterocycles. The van der Waals surface area contributed by atoms with Gasteiger partial charge >= 0.3 is 0 Å². The Labute approximate surface area is 195 Å². The molecule has 164 valence electrons. The molecule has 0 amide bonds. The standard InChI is InChI=1S/C29H28N4/c1-5-26-32-28-18(2)14-20(4)31-29(28)33(26)17-21-10-13-25-23(15-21)12-11-22-8-6-7-9-24(22)27(25)19(3)16-30/h6-10,13-15H,5,11-12,17H2,1-4H3. The first kappa shape index (κ1) is 21.2. The van der Waals surface area contributed by atoms with Crippen molar-refractivity contribution in [2.75, 3.05) is 0 Å². The molecule has 1 aliphatic rings. The van der Waals surface area contributed by atoms with Gasteiger partial charge in [0.2, 0.25) is 0 Å². The molecule has 5 rings (SSSR count). The second kappa shape index (κ2) is 8.33. The van der Waals surface area contributed by atoms with Crippen molar-refractivity contribution >= 4 is 16.7 Å². The molecular weight excluding hydrogens is 404 g/mol. The van der Waals surface area contributed by atoms with Crippen LogP contribution in [0.2, 0.25) is 0 Å². The largest absolute Gasteiger partial charge is 0.308 e. The first-order chi connectivity index (χ1) is 16.0. The number of nitriles is 1. The Morgan fingerprint density at radius 2 is 1.76 bits per heavy atom. The summed E-state index contributed by atoms with van der Waals surface area (Å²) in [6, 6.07) is 19.7. The quantitative estimate of drug-likeness (QED) is 0.367. The van der Waals surface area contributed by atoms with Crippen molar-refractivity contribution in [3.05, 3.63) is 99.0 Å². The predicted octanol–water partition coefficient (Wildman–Crippen LogP) is 6.10. The molecule has 2 aromatic carbocycles. The number of aryl methyl sites for hydroxylation is 5. The maximum Gasteiger partial charge on any atom is 0.160 e. The Morgan fingerprint density at radius 3 is 2.55 bits per heavy atom. The number of pyridine rings is 1. The first-order valence-electron chi connectivity index (χ1n) is 11.6. The maximum atomic E-state index is 9.73. The Bertz CT molecular complexity index is 1460. The normalized spacial score (nSPS) is 14.4. The summed E-state index contributed by atoms with van der Waals surface area (Å²) >= 11 is 0. The van der Waals surface area contributed by atoms with Crippen LogP contribution in [0.4, 0.5) is 0 Å². The number of rotatable bonds is 3. The lowest BCUT2D eigenvalue weighted by molar-refractivity contribution is 0.744. The van der Waals surface area contributed by atoms with Crippen molar-refractivity contribution in [2.24, 2.45) is 0 Å². The Morgan fingerprint density at radius 1 is 1.00 bits per heavy atom. The molecule has 0 atom stereocenters. The van der Waals surface area contributed by atoms with Crippen LogP contribution >= 0.6 is 0 Å². The Kier molecular flexibility index (Phi) is 5.34. The number of allylic oxidation sites excluding steroid dienone is 1. The van der Waals surface area contributed by atoms with Crippen LogP contribution in [0.1, 0.15) is 58.7 Å². The predicted molar refractivity (Wildman–Crippen MR) is 133 cm³/mol. The van der Waals surface area contributed by atoms with Crippen molar-refractivity contribution in [3.63, 3.8) is 0 Å². The molecule has 0 saturated heterocycles. The smallest absolute Gasteiger partial charge is 0.160 e. The lowest BCUT2D eigenvalue weighted by Crippen LogP contribution is -2.07. The third-order valence-electron chi connectivity index (χ3n) is 6.69. The van der Waals surface area contributed by atoms with Crippen LogP contribution in [0.3, 0.4) is 0 Å². The van der Waals surface area contributed by atoms with E-state index in [1.54, 1.807) is 0 Å². The molecule has 0 radical (unpaired) electrons. The van der Waals surface area contributed by atoms with Gasteiger partial charge < -0.3 is 4.57 Å². The van der Waals surface area contributed by atoms with E-state index in [-0.39, 0.29) is 0 Å². The van der Waals surface area contributed by atoms with Gasteiger partial charge in [0.25, 0.3) is 0 Å².